The molecule has 2 aromatic rings. The Labute approximate surface area is 191 Å². The quantitative estimate of drug-likeness (QED) is 0.564. The van der Waals surface area contributed by atoms with Crippen molar-refractivity contribution in [2.75, 3.05) is 47.5 Å². The molecule has 2 aromatic carbocycles. The first kappa shape index (κ1) is 24.5. The van der Waals surface area contributed by atoms with Crippen LogP contribution in [0.1, 0.15) is 5.56 Å². The van der Waals surface area contributed by atoms with E-state index >= 15 is 0 Å². The highest BCUT2D eigenvalue weighted by Gasteiger charge is 2.33. The zero-order chi connectivity index (χ0) is 24.2. The first-order valence-corrected chi connectivity index (χ1v) is 11.4. The third-order valence-corrected chi connectivity index (χ3v) is 7.12. The lowest BCUT2D eigenvalue weighted by atomic mass is 10.1. The zero-order valence-electron chi connectivity index (χ0n) is 18.4. The average molecular weight is 483 g/mol. The maximum absolute atomic E-state index is 14.0. The van der Waals surface area contributed by atoms with E-state index in [2.05, 4.69) is 0 Å². The second-order valence-corrected chi connectivity index (χ2v) is 8.95. The number of benzene rings is 2. The monoisotopic (exact) mass is 482 g/mol. The highest BCUT2D eigenvalue weighted by atomic mass is 32.2. The van der Waals surface area contributed by atoms with Gasteiger partial charge in [0.2, 0.25) is 21.7 Å². The van der Waals surface area contributed by atoms with Crippen molar-refractivity contribution in [2.24, 2.45) is 0 Å². The van der Waals surface area contributed by atoms with E-state index in [4.69, 9.17) is 14.2 Å². The summed E-state index contributed by atoms with van der Waals surface area (Å²) in [5.74, 6) is -1.35. The van der Waals surface area contributed by atoms with Gasteiger partial charge in [-0.25, -0.2) is 17.2 Å². The Hall–Kier alpha value is -3.18. The summed E-state index contributed by atoms with van der Waals surface area (Å²) < 4.78 is 70.1. The van der Waals surface area contributed by atoms with Crippen LogP contribution in [-0.2, 0) is 14.8 Å². The maximum atomic E-state index is 14.0. The van der Waals surface area contributed by atoms with Gasteiger partial charge in [-0.15, -0.1) is 0 Å². The van der Waals surface area contributed by atoms with Gasteiger partial charge in [0.1, 0.15) is 11.6 Å². The summed E-state index contributed by atoms with van der Waals surface area (Å²) in [7, 11) is 0.0894. The van der Waals surface area contributed by atoms with Gasteiger partial charge in [0.15, 0.2) is 16.4 Å². The van der Waals surface area contributed by atoms with Crippen LogP contribution < -0.4 is 14.2 Å². The van der Waals surface area contributed by atoms with E-state index in [1.165, 1.54) is 32.3 Å². The molecule has 33 heavy (non-hydrogen) atoms. The number of amides is 1. The van der Waals surface area contributed by atoms with Crippen molar-refractivity contribution in [1.82, 2.24) is 9.21 Å². The van der Waals surface area contributed by atoms with E-state index in [0.717, 1.165) is 22.5 Å². The van der Waals surface area contributed by atoms with Crippen LogP contribution in [0.25, 0.3) is 6.08 Å². The molecule has 0 unspecified atom stereocenters. The smallest absolute Gasteiger partial charge is 0.249 e. The highest BCUT2D eigenvalue weighted by Crippen LogP contribution is 2.38. The van der Waals surface area contributed by atoms with Gasteiger partial charge in [0.25, 0.3) is 0 Å². The number of halogens is 2. The second kappa shape index (κ2) is 10.2. The number of nitrogens with zero attached hydrogens (tertiary/aromatic N) is 2. The first-order valence-electron chi connectivity index (χ1n) is 9.94. The molecule has 0 atom stereocenters. The molecule has 8 nitrogen and oxygen atoms in total. The number of hydrogen-bond donors (Lipinski definition) is 0. The lowest BCUT2D eigenvalue weighted by Crippen LogP contribution is -2.50. The fourth-order valence-corrected chi connectivity index (χ4v) is 5.01. The zero-order valence-corrected chi connectivity index (χ0v) is 19.2. The van der Waals surface area contributed by atoms with Crippen LogP contribution in [0.3, 0.4) is 0 Å². The van der Waals surface area contributed by atoms with Gasteiger partial charge in [-0.1, -0.05) is 6.07 Å². The molecule has 0 aliphatic carbocycles. The molecule has 0 saturated carbocycles. The molecule has 0 aromatic heterocycles. The molecule has 1 fully saturated rings. The summed E-state index contributed by atoms with van der Waals surface area (Å²) in [6.45, 7) is -0.0127. The minimum Gasteiger partial charge on any atom is -0.493 e. The predicted molar refractivity (Wildman–Crippen MR) is 117 cm³/mol. The number of hydrogen-bond acceptors (Lipinski definition) is 6. The van der Waals surface area contributed by atoms with Gasteiger partial charge < -0.3 is 19.1 Å². The van der Waals surface area contributed by atoms with Crippen molar-refractivity contribution in [1.29, 1.82) is 0 Å². The molecular weight excluding hydrogens is 458 g/mol. The van der Waals surface area contributed by atoms with Gasteiger partial charge in [-0.2, -0.15) is 4.31 Å². The number of methoxy groups -OCH3 is 3. The Morgan fingerprint density at radius 3 is 1.97 bits per heavy atom. The van der Waals surface area contributed by atoms with E-state index in [1.54, 1.807) is 18.2 Å². The molecular formula is C22H24F2N2O6S. The maximum Gasteiger partial charge on any atom is 0.249 e. The van der Waals surface area contributed by atoms with Gasteiger partial charge in [-0.05, 0) is 35.9 Å². The summed E-state index contributed by atoms with van der Waals surface area (Å²) in [5, 5.41) is 0. The number of ether oxygens (including phenoxy) is 3. The van der Waals surface area contributed by atoms with Crippen LogP contribution >= 0.6 is 0 Å². The summed E-state index contributed by atoms with van der Waals surface area (Å²) in [6.07, 6.45) is 2.92. The van der Waals surface area contributed by atoms with Crippen LogP contribution in [0.4, 0.5) is 8.78 Å². The molecule has 1 aliphatic rings. The van der Waals surface area contributed by atoms with E-state index in [0.29, 0.717) is 22.8 Å². The number of sulfonamides is 1. The third-order valence-electron chi connectivity index (χ3n) is 5.17. The molecule has 1 saturated heterocycles. The highest BCUT2D eigenvalue weighted by molar-refractivity contribution is 7.89. The van der Waals surface area contributed by atoms with Gasteiger partial charge in [0, 0.05) is 32.3 Å². The van der Waals surface area contributed by atoms with E-state index in [9.17, 15) is 22.0 Å². The minimum atomic E-state index is -4.36. The number of carbonyl (C=O) groups is 1. The molecule has 1 aliphatic heterocycles. The fraction of sp³-hybridized carbons (Fsp3) is 0.318. The van der Waals surface area contributed by atoms with Crippen molar-refractivity contribution >= 4 is 22.0 Å². The summed E-state index contributed by atoms with van der Waals surface area (Å²) in [4.78, 5) is 13.1. The normalized spacial score (nSPS) is 15.0. The van der Waals surface area contributed by atoms with Crippen molar-refractivity contribution in [2.45, 2.75) is 4.90 Å². The molecule has 0 N–H and O–H groups in total. The van der Waals surface area contributed by atoms with Crippen molar-refractivity contribution in [3.8, 4) is 17.2 Å². The van der Waals surface area contributed by atoms with Crippen LogP contribution in [0.15, 0.2) is 41.3 Å². The Kier molecular flexibility index (Phi) is 7.54. The van der Waals surface area contributed by atoms with Gasteiger partial charge >= 0.3 is 0 Å². The van der Waals surface area contributed by atoms with Crippen molar-refractivity contribution < 1.29 is 36.2 Å². The Bertz CT molecular complexity index is 1120. The fourth-order valence-electron chi connectivity index (χ4n) is 3.48. The minimum absolute atomic E-state index is 0.0771. The standard InChI is InChI=1S/C22H24F2N2O6S/c1-30-18-13-15(14-19(31-2)21(18)32-3)7-8-20(27)25-9-11-26(12-10-25)33(28,29)22-16(23)5-4-6-17(22)24/h4-8,13-14H,9-12H2,1-3H3. The molecule has 1 heterocycles. The van der Waals surface area contributed by atoms with E-state index < -0.39 is 26.6 Å². The van der Waals surface area contributed by atoms with Crippen LogP contribution in [-0.4, -0.2) is 71.0 Å². The number of rotatable bonds is 7. The van der Waals surface area contributed by atoms with Crippen molar-refractivity contribution in [3.05, 3.63) is 53.6 Å². The number of piperazine rings is 1. The molecule has 1 amide bonds. The van der Waals surface area contributed by atoms with E-state index in [-0.39, 0.29) is 32.1 Å². The summed E-state index contributed by atoms with van der Waals surface area (Å²) in [6, 6.07) is 6.24. The molecule has 0 bridgehead atoms. The molecule has 11 heteroatoms. The number of carbonyl (C=O) groups excluding carboxylic acids is 1. The van der Waals surface area contributed by atoms with Crippen molar-refractivity contribution in [3.63, 3.8) is 0 Å². The van der Waals surface area contributed by atoms with Crippen LogP contribution in [0.2, 0.25) is 0 Å². The summed E-state index contributed by atoms with van der Waals surface area (Å²) in [5.41, 5.74) is 0.633. The topological polar surface area (TPSA) is 85.4 Å². The van der Waals surface area contributed by atoms with Crippen LogP contribution in [0.5, 0.6) is 17.2 Å². The molecule has 178 valence electrons. The van der Waals surface area contributed by atoms with Gasteiger partial charge in [-0.3, -0.25) is 4.79 Å². The van der Waals surface area contributed by atoms with E-state index in [1.807, 2.05) is 0 Å². The Morgan fingerprint density at radius 1 is 0.939 bits per heavy atom. The molecule has 3 rings (SSSR count). The average Bonchev–Trinajstić information content (AvgIpc) is 2.81. The second-order valence-electron chi connectivity index (χ2n) is 7.07. The Morgan fingerprint density at radius 2 is 1.48 bits per heavy atom. The molecule has 0 spiro atoms. The lowest BCUT2D eigenvalue weighted by Gasteiger charge is -2.33. The SMILES string of the molecule is COc1cc(C=CC(=O)N2CCN(S(=O)(=O)c3c(F)cccc3F)CC2)cc(OC)c1OC. The Balaban J connectivity index is 1.69. The van der Waals surface area contributed by atoms with Crippen LogP contribution in [0, 0.1) is 11.6 Å². The summed E-state index contributed by atoms with van der Waals surface area (Å²) >= 11 is 0. The largest absolute Gasteiger partial charge is 0.493 e. The molecule has 0 radical (unpaired) electrons. The lowest BCUT2D eigenvalue weighted by molar-refractivity contribution is -0.127. The third kappa shape index (κ3) is 5.09. The predicted octanol–water partition coefficient (Wildman–Crippen LogP) is 2.54. The van der Waals surface area contributed by atoms with Gasteiger partial charge in [0.05, 0.1) is 21.3 Å². The first-order chi connectivity index (χ1) is 15.7.